The van der Waals surface area contributed by atoms with Gasteiger partial charge < -0.3 is 15.1 Å². The normalized spacial score (nSPS) is 28.7. The molecule has 3 saturated heterocycles. The van der Waals surface area contributed by atoms with Gasteiger partial charge >= 0.3 is 0 Å². The maximum Gasteiger partial charge on any atom is 0.222 e. The Bertz CT molecular complexity index is 348. The molecule has 0 radical (unpaired) electrons. The summed E-state index contributed by atoms with van der Waals surface area (Å²) in [6.07, 6.45) is 10.8. The molecule has 0 spiro atoms. The highest BCUT2D eigenvalue weighted by Gasteiger charge is 2.26. The van der Waals surface area contributed by atoms with Crippen molar-refractivity contribution >= 4 is 5.91 Å². The number of piperidine rings is 1. The van der Waals surface area contributed by atoms with Crippen LogP contribution in [0.3, 0.4) is 0 Å². The van der Waals surface area contributed by atoms with Gasteiger partial charge in [-0.2, -0.15) is 0 Å². The second kappa shape index (κ2) is 8.30. The van der Waals surface area contributed by atoms with Crippen LogP contribution >= 0.6 is 0 Å². The third-order valence-electron chi connectivity index (χ3n) is 5.93. The van der Waals surface area contributed by atoms with Crippen LogP contribution in [0.1, 0.15) is 57.8 Å². The van der Waals surface area contributed by atoms with Crippen LogP contribution in [0.2, 0.25) is 0 Å². The minimum Gasteiger partial charge on any atom is -0.343 e. The molecule has 1 amide bonds. The van der Waals surface area contributed by atoms with Gasteiger partial charge in [-0.05, 0) is 83.5 Å². The molecule has 1 unspecified atom stereocenters. The summed E-state index contributed by atoms with van der Waals surface area (Å²) in [5.41, 5.74) is 0. The van der Waals surface area contributed by atoms with Crippen molar-refractivity contribution in [2.75, 3.05) is 39.3 Å². The number of carbonyl (C=O) groups is 1. The van der Waals surface area contributed by atoms with E-state index >= 15 is 0 Å². The van der Waals surface area contributed by atoms with Gasteiger partial charge in [0.25, 0.3) is 0 Å². The molecule has 3 fully saturated rings. The van der Waals surface area contributed by atoms with Crippen LogP contribution in [-0.2, 0) is 4.79 Å². The van der Waals surface area contributed by atoms with Crippen molar-refractivity contribution in [1.82, 2.24) is 15.1 Å². The highest BCUT2D eigenvalue weighted by atomic mass is 16.2. The largest absolute Gasteiger partial charge is 0.343 e. The van der Waals surface area contributed by atoms with Gasteiger partial charge in [0.05, 0.1) is 0 Å². The summed E-state index contributed by atoms with van der Waals surface area (Å²) < 4.78 is 0. The lowest BCUT2D eigenvalue weighted by Gasteiger charge is -2.27. The first-order valence-corrected chi connectivity index (χ1v) is 9.55. The number of nitrogens with zero attached hydrogens (tertiary/aromatic N) is 2. The monoisotopic (exact) mass is 307 g/mol. The van der Waals surface area contributed by atoms with Crippen LogP contribution in [0.4, 0.5) is 0 Å². The molecule has 4 nitrogen and oxygen atoms in total. The molecular weight excluding hydrogens is 274 g/mol. The Balaban J connectivity index is 1.40. The molecule has 1 atom stereocenters. The van der Waals surface area contributed by atoms with Gasteiger partial charge in [0, 0.05) is 25.6 Å². The standard InChI is InChI=1S/C18H33N3O/c22-18(6-5-16-7-10-19-11-8-16)21-14-3-4-17(9-15-21)20-12-1-2-13-20/h16-17,19H,1-15H2. The van der Waals surface area contributed by atoms with Crippen molar-refractivity contribution in [2.45, 2.75) is 63.8 Å². The molecular formula is C18H33N3O. The van der Waals surface area contributed by atoms with Crippen molar-refractivity contribution in [3.8, 4) is 0 Å². The van der Waals surface area contributed by atoms with Gasteiger partial charge in [-0.15, -0.1) is 0 Å². The van der Waals surface area contributed by atoms with E-state index in [1.807, 2.05) is 0 Å². The number of likely N-dealkylation sites (tertiary alicyclic amines) is 2. The summed E-state index contributed by atoms with van der Waals surface area (Å²) in [7, 11) is 0. The fourth-order valence-electron chi connectivity index (χ4n) is 4.46. The molecule has 4 heteroatoms. The van der Waals surface area contributed by atoms with E-state index in [9.17, 15) is 4.79 Å². The van der Waals surface area contributed by atoms with Crippen LogP contribution in [0.25, 0.3) is 0 Å². The molecule has 0 bridgehead atoms. The van der Waals surface area contributed by atoms with Crippen molar-refractivity contribution in [2.24, 2.45) is 5.92 Å². The van der Waals surface area contributed by atoms with E-state index in [1.54, 1.807) is 0 Å². The van der Waals surface area contributed by atoms with Crippen molar-refractivity contribution in [1.29, 1.82) is 0 Å². The predicted molar refractivity (Wildman–Crippen MR) is 89.9 cm³/mol. The molecule has 3 rings (SSSR count). The lowest BCUT2D eigenvalue weighted by molar-refractivity contribution is -0.131. The molecule has 0 aromatic rings. The van der Waals surface area contributed by atoms with Crippen molar-refractivity contribution < 1.29 is 4.79 Å². The maximum atomic E-state index is 12.5. The highest BCUT2D eigenvalue weighted by Crippen LogP contribution is 2.23. The predicted octanol–water partition coefficient (Wildman–Crippen LogP) is 2.24. The minimum absolute atomic E-state index is 0.417. The van der Waals surface area contributed by atoms with E-state index in [2.05, 4.69) is 15.1 Å². The van der Waals surface area contributed by atoms with Crippen LogP contribution in [0.5, 0.6) is 0 Å². The topological polar surface area (TPSA) is 35.6 Å². The Hall–Kier alpha value is -0.610. The molecule has 126 valence electrons. The summed E-state index contributed by atoms with van der Waals surface area (Å²) in [5, 5.41) is 3.41. The molecule has 1 N–H and O–H groups in total. The number of hydrogen-bond donors (Lipinski definition) is 1. The first-order chi connectivity index (χ1) is 10.8. The zero-order valence-electron chi connectivity index (χ0n) is 14.1. The second-order valence-corrected chi connectivity index (χ2v) is 7.44. The fourth-order valence-corrected chi connectivity index (χ4v) is 4.46. The van der Waals surface area contributed by atoms with Gasteiger partial charge in [0.1, 0.15) is 0 Å². The summed E-state index contributed by atoms with van der Waals surface area (Å²) in [6, 6.07) is 0.740. The Kier molecular flexibility index (Phi) is 6.13. The van der Waals surface area contributed by atoms with E-state index in [4.69, 9.17) is 0 Å². The molecule has 0 saturated carbocycles. The summed E-state index contributed by atoms with van der Waals surface area (Å²) in [4.78, 5) is 17.4. The average molecular weight is 307 g/mol. The molecule has 22 heavy (non-hydrogen) atoms. The smallest absolute Gasteiger partial charge is 0.222 e. The number of nitrogens with one attached hydrogen (secondary N) is 1. The lowest BCUT2D eigenvalue weighted by atomic mass is 9.93. The minimum atomic E-state index is 0.417. The van der Waals surface area contributed by atoms with Crippen LogP contribution in [0, 0.1) is 5.92 Å². The second-order valence-electron chi connectivity index (χ2n) is 7.44. The Morgan fingerprint density at radius 2 is 1.68 bits per heavy atom. The molecule has 0 aromatic carbocycles. The first-order valence-electron chi connectivity index (χ1n) is 9.55. The molecule has 0 aromatic heterocycles. The summed E-state index contributed by atoms with van der Waals surface area (Å²) in [6.45, 7) is 6.84. The Morgan fingerprint density at radius 1 is 0.909 bits per heavy atom. The number of carbonyl (C=O) groups excluding carboxylic acids is 1. The van der Waals surface area contributed by atoms with Gasteiger partial charge in [-0.1, -0.05) is 0 Å². The molecule has 0 aliphatic carbocycles. The third kappa shape index (κ3) is 4.45. The van der Waals surface area contributed by atoms with Gasteiger partial charge in [-0.25, -0.2) is 0 Å². The van der Waals surface area contributed by atoms with Crippen LogP contribution < -0.4 is 5.32 Å². The molecule has 3 aliphatic heterocycles. The Labute approximate surface area is 135 Å². The number of amides is 1. The maximum absolute atomic E-state index is 12.5. The third-order valence-corrected chi connectivity index (χ3v) is 5.93. The van der Waals surface area contributed by atoms with E-state index in [0.29, 0.717) is 5.91 Å². The average Bonchev–Trinajstić information content (AvgIpc) is 2.98. The van der Waals surface area contributed by atoms with Gasteiger partial charge in [0.15, 0.2) is 0 Å². The van der Waals surface area contributed by atoms with Gasteiger partial charge in [-0.3, -0.25) is 4.79 Å². The zero-order chi connectivity index (χ0) is 15.2. The molecule has 3 heterocycles. The SMILES string of the molecule is O=C(CCC1CCNCC1)N1CCCC(N2CCCC2)CC1. The van der Waals surface area contributed by atoms with Gasteiger partial charge in [0.2, 0.25) is 5.91 Å². The first kappa shape index (κ1) is 16.3. The van der Waals surface area contributed by atoms with Crippen molar-refractivity contribution in [3.63, 3.8) is 0 Å². The van der Waals surface area contributed by atoms with Crippen molar-refractivity contribution in [3.05, 3.63) is 0 Å². The van der Waals surface area contributed by atoms with E-state index < -0.39 is 0 Å². The van der Waals surface area contributed by atoms with E-state index in [-0.39, 0.29) is 0 Å². The van der Waals surface area contributed by atoms with E-state index in [0.717, 1.165) is 51.0 Å². The summed E-state index contributed by atoms with van der Waals surface area (Å²) in [5.74, 6) is 1.19. The lowest BCUT2D eigenvalue weighted by Crippen LogP contribution is -2.36. The zero-order valence-corrected chi connectivity index (χ0v) is 14.1. The quantitative estimate of drug-likeness (QED) is 0.865. The molecule has 3 aliphatic rings. The Morgan fingerprint density at radius 3 is 2.45 bits per heavy atom. The van der Waals surface area contributed by atoms with Crippen LogP contribution in [-0.4, -0.2) is 61.0 Å². The fraction of sp³-hybridized carbons (Fsp3) is 0.944. The highest BCUT2D eigenvalue weighted by molar-refractivity contribution is 5.76. The van der Waals surface area contributed by atoms with E-state index in [1.165, 1.54) is 58.0 Å². The number of rotatable bonds is 4. The summed E-state index contributed by atoms with van der Waals surface area (Å²) >= 11 is 0. The number of hydrogen-bond acceptors (Lipinski definition) is 3. The van der Waals surface area contributed by atoms with Crippen LogP contribution in [0.15, 0.2) is 0 Å².